The second-order valence-electron chi connectivity index (χ2n) is 5.80. The lowest BCUT2D eigenvalue weighted by molar-refractivity contribution is -0.117. The maximum atomic E-state index is 12.2. The van der Waals surface area contributed by atoms with Crippen LogP contribution < -0.4 is 10.2 Å². The minimum absolute atomic E-state index is 0.0256. The quantitative estimate of drug-likeness (QED) is 0.845. The first kappa shape index (κ1) is 16.7. The Morgan fingerprint density at radius 1 is 1.25 bits per heavy atom. The summed E-state index contributed by atoms with van der Waals surface area (Å²) in [4.78, 5) is 25.9. The summed E-state index contributed by atoms with van der Waals surface area (Å²) in [6, 6.07) is 13.6. The highest BCUT2D eigenvalue weighted by Gasteiger charge is 2.25. The molecular weight excluding hydrogens is 368 g/mol. The number of halogens is 1. The molecule has 2 aromatic carbocycles. The Morgan fingerprint density at radius 2 is 2.04 bits per heavy atom. The second-order valence-corrected chi connectivity index (χ2v) is 6.65. The third kappa shape index (κ3) is 3.51. The highest BCUT2D eigenvalue weighted by molar-refractivity contribution is 9.10. The topological polar surface area (TPSA) is 49.4 Å². The number of fused-ring (bicyclic) bond motifs is 1. The first-order valence-corrected chi connectivity index (χ1v) is 8.84. The number of nitrogens with zero attached hydrogens (tertiary/aromatic N) is 1. The summed E-state index contributed by atoms with van der Waals surface area (Å²) in [5, 5.41) is 2.92. The van der Waals surface area contributed by atoms with Crippen LogP contribution in [-0.4, -0.2) is 18.4 Å². The lowest BCUT2D eigenvalue weighted by Crippen LogP contribution is -2.25. The molecule has 124 valence electrons. The summed E-state index contributed by atoms with van der Waals surface area (Å²) in [5.41, 5.74) is 3.79. The molecule has 2 amide bonds. The van der Waals surface area contributed by atoms with E-state index in [-0.39, 0.29) is 11.8 Å². The van der Waals surface area contributed by atoms with Crippen molar-refractivity contribution in [3.05, 3.63) is 58.1 Å². The van der Waals surface area contributed by atoms with Crippen molar-refractivity contribution in [2.45, 2.75) is 26.2 Å². The van der Waals surface area contributed by atoms with E-state index in [9.17, 15) is 9.59 Å². The maximum absolute atomic E-state index is 12.2. The molecule has 3 rings (SSSR count). The van der Waals surface area contributed by atoms with Gasteiger partial charge in [0, 0.05) is 28.8 Å². The molecule has 1 heterocycles. The van der Waals surface area contributed by atoms with Gasteiger partial charge in [-0.05, 0) is 48.7 Å². The Morgan fingerprint density at radius 3 is 2.79 bits per heavy atom. The van der Waals surface area contributed by atoms with Gasteiger partial charge in [0.1, 0.15) is 0 Å². The van der Waals surface area contributed by atoms with Gasteiger partial charge in [-0.2, -0.15) is 0 Å². The van der Waals surface area contributed by atoms with E-state index >= 15 is 0 Å². The minimum Gasteiger partial charge on any atom is -0.326 e. The molecule has 1 aliphatic heterocycles. The van der Waals surface area contributed by atoms with E-state index in [1.165, 1.54) is 0 Å². The van der Waals surface area contributed by atoms with Gasteiger partial charge in [0.2, 0.25) is 11.8 Å². The van der Waals surface area contributed by atoms with Crippen LogP contribution >= 0.6 is 15.9 Å². The molecule has 24 heavy (non-hydrogen) atoms. The lowest BCUT2D eigenvalue weighted by Gasteiger charge is -2.15. The van der Waals surface area contributed by atoms with Gasteiger partial charge in [-0.25, -0.2) is 0 Å². The number of benzene rings is 2. The van der Waals surface area contributed by atoms with E-state index in [0.29, 0.717) is 25.8 Å². The number of nitrogens with one attached hydrogen (secondary N) is 1. The van der Waals surface area contributed by atoms with Crippen molar-refractivity contribution >= 4 is 39.1 Å². The third-order valence-electron chi connectivity index (χ3n) is 4.19. The fraction of sp³-hybridized carbons (Fsp3) is 0.263. The largest absolute Gasteiger partial charge is 0.326 e. The molecule has 0 fully saturated rings. The van der Waals surface area contributed by atoms with Crippen LogP contribution in [0.3, 0.4) is 0 Å². The summed E-state index contributed by atoms with van der Waals surface area (Å²) in [5.74, 6) is 0.0901. The van der Waals surface area contributed by atoms with Crippen molar-refractivity contribution in [1.29, 1.82) is 0 Å². The number of carbonyl (C=O) groups is 2. The van der Waals surface area contributed by atoms with E-state index in [1.54, 1.807) is 4.90 Å². The van der Waals surface area contributed by atoms with Gasteiger partial charge in [-0.3, -0.25) is 9.59 Å². The molecule has 5 heteroatoms. The van der Waals surface area contributed by atoms with Crippen LogP contribution in [0.4, 0.5) is 11.4 Å². The third-order valence-corrected chi connectivity index (χ3v) is 4.97. The highest BCUT2D eigenvalue weighted by atomic mass is 79.9. The zero-order valence-electron chi connectivity index (χ0n) is 13.5. The summed E-state index contributed by atoms with van der Waals surface area (Å²) >= 11 is 3.50. The second kappa shape index (κ2) is 7.18. The number of carbonyl (C=O) groups excluding carboxylic acids is 2. The van der Waals surface area contributed by atoms with Gasteiger partial charge in [-0.1, -0.05) is 34.1 Å². The predicted molar refractivity (Wildman–Crippen MR) is 99.3 cm³/mol. The monoisotopic (exact) mass is 386 g/mol. The molecule has 0 aliphatic carbocycles. The van der Waals surface area contributed by atoms with Crippen molar-refractivity contribution in [3.8, 4) is 0 Å². The van der Waals surface area contributed by atoms with Crippen molar-refractivity contribution < 1.29 is 9.59 Å². The summed E-state index contributed by atoms with van der Waals surface area (Å²) in [6.45, 7) is 2.63. The van der Waals surface area contributed by atoms with Crippen molar-refractivity contribution in [2.24, 2.45) is 0 Å². The zero-order chi connectivity index (χ0) is 17.1. The Hall–Kier alpha value is -2.14. The van der Waals surface area contributed by atoms with Crippen LogP contribution in [-0.2, 0) is 22.4 Å². The Labute approximate surface area is 150 Å². The zero-order valence-corrected chi connectivity index (χ0v) is 15.1. The molecule has 0 unspecified atom stereocenters. The number of rotatable bonds is 5. The fourth-order valence-corrected chi connectivity index (χ4v) is 3.46. The molecule has 0 saturated carbocycles. The molecule has 0 spiro atoms. The number of hydrogen-bond acceptors (Lipinski definition) is 2. The number of aryl methyl sites for hydroxylation is 1. The van der Waals surface area contributed by atoms with E-state index in [1.807, 2.05) is 49.4 Å². The van der Waals surface area contributed by atoms with Gasteiger partial charge in [-0.15, -0.1) is 0 Å². The van der Waals surface area contributed by atoms with Crippen LogP contribution in [0.15, 0.2) is 46.9 Å². The minimum atomic E-state index is -0.0256. The van der Waals surface area contributed by atoms with Gasteiger partial charge in [0.05, 0.1) is 6.42 Å². The molecule has 0 saturated heterocycles. The van der Waals surface area contributed by atoms with Gasteiger partial charge in [0.25, 0.3) is 0 Å². The molecule has 0 atom stereocenters. The normalized spacial score (nSPS) is 13.1. The maximum Gasteiger partial charge on any atom is 0.231 e. The van der Waals surface area contributed by atoms with Gasteiger partial charge in [0.15, 0.2) is 0 Å². The molecule has 0 aromatic heterocycles. The lowest BCUT2D eigenvalue weighted by atomic mass is 10.1. The SMILES string of the molecule is CCN1C(=O)Cc2cc(NC(=O)CCc3ccccc3Br)ccc21. The summed E-state index contributed by atoms with van der Waals surface area (Å²) in [6.07, 6.45) is 1.50. The predicted octanol–water partition coefficient (Wildman–Crippen LogP) is 3.93. The molecule has 1 N–H and O–H groups in total. The van der Waals surface area contributed by atoms with Gasteiger partial charge < -0.3 is 10.2 Å². The molecule has 0 radical (unpaired) electrons. The fourth-order valence-electron chi connectivity index (χ4n) is 2.98. The standard InChI is InChI=1S/C19H19BrN2O2/c1-2-22-17-9-8-15(11-14(17)12-19(22)24)21-18(23)10-7-13-5-3-4-6-16(13)20/h3-6,8-9,11H,2,7,10,12H2,1H3,(H,21,23). The van der Waals surface area contributed by atoms with Gasteiger partial charge >= 0.3 is 0 Å². The Kier molecular flexibility index (Phi) is 5.00. The van der Waals surface area contributed by atoms with Crippen LogP contribution in [0, 0.1) is 0 Å². The first-order chi connectivity index (χ1) is 11.6. The molecule has 2 aromatic rings. The molecule has 0 bridgehead atoms. The first-order valence-electron chi connectivity index (χ1n) is 8.05. The van der Waals surface area contributed by atoms with E-state index in [4.69, 9.17) is 0 Å². The van der Waals surface area contributed by atoms with Crippen LogP contribution in [0.1, 0.15) is 24.5 Å². The molecule has 1 aliphatic rings. The number of anilines is 2. The average molecular weight is 387 g/mol. The number of likely N-dealkylation sites (N-methyl/N-ethyl adjacent to an activating group) is 1. The van der Waals surface area contributed by atoms with Crippen molar-refractivity contribution in [1.82, 2.24) is 0 Å². The van der Waals surface area contributed by atoms with Crippen LogP contribution in [0.5, 0.6) is 0 Å². The number of hydrogen-bond donors (Lipinski definition) is 1. The van der Waals surface area contributed by atoms with Crippen LogP contribution in [0.25, 0.3) is 0 Å². The summed E-state index contributed by atoms with van der Waals surface area (Å²) < 4.78 is 1.02. The molecular formula is C19H19BrN2O2. The van der Waals surface area contributed by atoms with E-state index in [0.717, 1.165) is 27.0 Å². The van der Waals surface area contributed by atoms with Crippen LogP contribution in [0.2, 0.25) is 0 Å². The Bertz CT molecular complexity index is 789. The van der Waals surface area contributed by atoms with Crippen molar-refractivity contribution in [3.63, 3.8) is 0 Å². The Balaban J connectivity index is 1.63. The average Bonchev–Trinajstić information content (AvgIpc) is 2.88. The summed E-state index contributed by atoms with van der Waals surface area (Å²) in [7, 11) is 0. The smallest absolute Gasteiger partial charge is 0.231 e. The van der Waals surface area contributed by atoms with E-state index in [2.05, 4.69) is 21.2 Å². The van der Waals surface area contributed by atoms with E-state index < -0.39 is 0 Å². The highest BCUT2D eigenvalue weighted by Crippen LogP contribution is 2.31. The van der Waals surface area contributed by atoms with Crippen molar-refractivity contribution in [2.75, 3.05) is 16.8 Å². The molecule has 4 nitrogen and oxygen atoms in total. The number of amides is 2.